The Morgan fingerprint density at radius 1 is 1.08 bits per heavy atom. The Kier molecular flexibility index (Phi) is 6.19. The third-order valence-corrected chi connectivity index (χ3v) is 6.51. The Balaban J connectivity index is 1.65. The van der Waals surface area contributed by atoms with Gasteiger partial charge in [-0.1, -0.05) is 56.0 Å². The van der Waals surface area contributed by atoms with E-state index in [1.807, 2.05) is 30.3 Å². The van der Waals surface area contributed by atoms with Crippen molar-refractivity contribution in [3.63, 3.8) is 0 Å². The van der Waals surface area contributed by atoms with E-state index in [1.54, 1.807) is 11.8 Å². The lowest BCUT2D eigenvalue weighted by Gasteiger charge is -2.22. The molecule has 2 aliphatic rings. The van der Waals surface area contributed by atoms with Crippen molar-refractivity contribution in [2.75, 3.05) is 0 Å². The summed E-state index contributed by atoms with van der Waals surface area (Å²) in [4.78, 5) is 24.4. The van der Waals surface area contributed by atoms with E-state index >= 15 is 0 Å². The summed E-state index contributed by atoms with van der Waals surface area (Å²) >= 11 is 1.65. The van der Waals surface area contributed by atoms with E-state index in [0.29, 0.717) is 28.7 Å². The van der Waals surface area contributed by atoms with Crippen molar-refractivity contribution in [2.45, 2.75) is 56.6 Å². The predicted molar refractivity (Wildman–Crippen MR) is 102 cm³/mol. The Morgan fingerprint density at radius 2 is 1.80 bits per heavy atom. The topological polar surface area (TPSA) is 72.2 Å². The number of carbonyl (C=O) groups excluding carboxylic acids is 2. The molecule has 1 fully saturated rings. The van der Waals surface area contributed by atoms with E-state index < -0.39 is 0 Å². The fourth-order valence-corrected chi connectivity index (χ4v) is 5.36. The molecule has 1 saturated carbocycles. The summed E-state index contributed by atoms with van der Waals surface area (Å²) in [6, 6.07) is 9.96. The van der Waals surface area contributed by atoms with Gasteiger partial charge >= 0.3 is 0 Å². The molecule has 5 heteroatoms. The predicted octanol–water partition coefficient (Wildman–Crippen LogP) is 3.52. The first-order valence-corrected chi connectivity index (χ1v) is 10.1. The molecule has 0 saturated heterocycles. The van der Waals surface area contributed by atoms with E-state index in [9.17, 15) is 9.59 Å². The van der Waals surface area contributed by atoms with Crippen LogP contribution in [0, 0.1) is 5.92 Å². The molecule has 1 aliphatic carbocycles. The number of fused-ring (bicyclic) bond motifs is 1. The van der Waals surface area contributed by atoms with Crippen LogP contribution in [0.1, 0.15) is 50.5 Å². The van der Waals surface area contributed by atoms with Gasteiger partial charge in [0.1, 0.15) is 0 Å². The van der Waals surface area contributed by atoms with Gasteiger partial charge in [-0.15, -0.1) is 11.8 Å². The normalized spacial score (nSPS) is 23.5. The van der Waals surface area contributed by atoms with Gasteiger partial charge in [-0.3, -0.25) is 9.59 Å². The second-order valence-electron chi connectivity index (χ2n) is 6.90. The molecule has 1 aromatic carbocycles. The lowest BCUT2D eigenvalue weighted by molar-refractivity contribution is -0.120. The number of aryl methyl sites for hydroxylation is 1. The van der Waals surface area contributed by atoms with Gasteiger partial charge in [0.2, 0.25) is 11.8 Å². The highest BCUT2D eigenvalue weighted by atomic mass is 32.2. The highest BCUT2D eigenvalue weighted by Gasteiger charge is 2.38. The lowest BCUT2D eigenvalue weighted by Crippen LogP contribution is -2.27. The molecular formula is C20H26N2O2S. The quantitative estimate of drug-likeness (QED) is 0.846. The molecule has 0 aromatic heterocycles. The van der Waals surface area contributed by atoms with E-state index in [-0.39, 0.29) is 17.7 Å². The number of benzene rings is 1. The van der Waals surface area contributed by atoms with Crippen LogP contribution in [0.5, 0.6) is 0 Å². The van der Waals surface area contributed by atoms with Gasteiger partial charge in [0.15, 0.2) is 0 Å². The third-order valence-electron chi connectivity index (χ3n) is 5.09. The number of nitrogens with two attached hydrogens (primary N) is 1. The highest BCUT2D eigenvalue weighted by Crippen LogP contribution is 2.46. The maximum absolute atomic E-state index is 12.4. The molecule has 0 bridgehead atoms. The molecule has 0 spiro atoms. The van der Waals surface area contributed by atoms with Crippen LogP contribution >= 0.6 is 11.8 Å². The summed E-state index contributed by atoms with van der Waals surface area (Å²) in [5.41, 5.74) is 7.46. The first-order chi connectivity index (χ1) is 12.1. The molecule has 134 valence electrons. The van der Waals surface area contributed by atoms with E-state index in [2.05, 4.69) is 5.32 Å². The highest BCUT2D eigenvalue weighted by molar-refractivity contribution is 8.04. The largest absolute Gasteiger partial charge is 0.366 e. The number of thioether (sulfide) groups is 1. The minimum atomic E-state index is -0.376. The van der Waals surface area contributed by atoms with Gasteiger partial charge in [0.05, 0.1) is 10.6 Å². The van der Waals surface area contributed by atoms with Gasteiger partial charge in [0, 0.05) is 17.6 Å². The summed E-state index contributed by atoms with van der Waals surface area (Å²) in [6.45, 7) is 0. The van der Waals surface area contributed by atoms with Crippen molar-refractivity contribution in [3.05, 3.63) is 46.5 Å². The lowest BCUT2D eigenvalue weighted by atomic mass is 9.85. The molecule has 1 aliphatic heterocycles. The molecule has 4 nitrogen and oxygen atoms in total. The van der Waals surface area contributed by atoms with E-state index in [4.69, 9.17) is 5.73 Å². The van der Waals surface area contributed by atoms with Crippen LogP contribution in [0.4, 0.5) is 0 Å². The second kappa shape index (κ2) is 8.56. The zero-order valence-electron chi connectivity index (χ0n) is 14.5. The SMILES string of the molecule is NC(=O)C1=C(NC(=O)CCc2ccccc2)SC2CCCCCCC12. The molecule has 0 radical (unpaired) electrons. The van der Waals surface area contributed by atoms with Crippen LogP contribution in [0.2, 0.25) is 0 Å². The van der Waals surface area contributed by atoms with Crippen molar-refractivity contribution >= 4 is 23.6 Å². The second-order valence-corrected chi connectivity index (χ2v) is 8.14. The maximum atomic E-state index is 12.4. The number of amides is 2. The summed E-state index contributed by atoms with van der Waals surface area (Å²) in [7, 11) is 0. The van der Waals surface area contributed by atoms with Crippen molar-refractivity contribution in [1.29, 1.82) is 0 Å². The third kappa shape index (κ3) is 4.66. The first-order valence-electron chi connectivity index (χ1n) is 9.19. The minimum absolute atomic E-state index is 0.0422. The van der Waals surface area contributed by atoms with Crippen molar-refractivity contribution < 1.29 is 9.59 Å². The van der Waals surface area contributed by atoms with Crippen LogP contribution in [0.15, 0.2) is 40.9 Å². The zero-order valence-corrected chi connectivity index (χ0v) is 15.3. The monoisotopic (exact) mass is 358 g/mol. The molecule has 2 atom stereocenters. The minimum Gasteiger partial charge on any atom is -0.366 e. The smallest absolute Gasteiger partial charge is 0.247 e. The Morgan fingerprint density at radius 3 is 2.52 bits per heavy atom. The van der Waals surface area contributed by atoms with Gasteiger partial charge in [0.25, 0.3) is 0 Å². The van der Waals surface area contributed by atoms with Crippen molar-refractivity contribution in [3.8, 4) is 0 Å². The number of hydrogen-bond donors (Lipinski definition) is 2. The fourth-order valence-electron chi connectivity index (χ4n) is 3.79. The van der Waals surface area contributed by atoms with Crippen LogP contribution in [0.3, 0.4) is 0 Å². The molecule has 3 rings (SSSR count). The molecule has 25 heavy (non-hydrogen) atoms. The zero-order chi connectivity index (χ0) is 17.6. The van der Waals surface area contributed by atoms with Gasteiger partial charge in [-0.2, -0.15) is 0 Å². The number of hydrogen-bond acceptors (Lipinski definition) is 3. The van der Waals surface area contributed by atoms with E-state index in [0.717, 1.165) is 24.8 Å². The van der Waals surface area contributed by atoms with Crippen LogP contribution < -0.4 is 11.1 Å². The number of carbonyl (C=O) groups is 2. The number of rotatable bonds is 5. The van der Waals surface area contributed by atoms with E-state index in [1.165, 1.54) is 19.3 Å². The Hall–Kier alpha value is -1.75. The van der Waals surface area contributed by atoms with Crippen molar-refractivity contribution in [1.82, 2.24) is 5.32 Å². The van der Waals surface area contributed by atoms with Crippen LogP contribution in [-0.2, 0) is 16.0 Å². The summed E-state index contributed by atoms with van der Waals surface area (Å²) in [5, 5.41) is 4.07. The van der Waals surface area contributed by atoms with Gasteiger partial charge in [-0.25, -0.2) is 0 Å². The first kappa shape index (κ1) is 18.1. The average molecular weight is 359 g/mol. The molecule has 2 unspecified atom stereocenters. The van der Waals surface area contributed by atoms with Crippen LogP contribution in [0.25, 0.3) is 0 Å². The Labute approximate surface area is 153 Å². The molecule has 1 aromatic rings. The average Bonchev–Trinajstić information content (AvgIpc) is 2.90. The summed E-state index contributed by atoms with van der Waals surface area (Å²) in [5.74, 6) is -0.217. The van der Waals surface area contributed by atoms with Gasteiger partial charge in [-0.05, 0) is 24.8 Å². The van der Waals surface area contributed by atoms with Gasteiger partial charge < -0.3 is 11.1 Å². The maximum Gasteiger partial charge on any atom is 0.247 e. The number of nitrogens with one attached hydrogen (secondary N) is 1. The van der Waals surface area contributed by atoms with Crippen LogP contribution in [-0.4, -0.2) is 17.1 Å². The molecule has 2 amide bonds. The molecule has 3 N–H and O–H groups in total. The summed E-state index contributed by atoms with van der Waals surface area (Å²) < 4.78 is 0. The van der Waals surface area contributed by atoms with Crippen molar-refractivity contribution in [2.24, 2.45) is 11.7 Å². The molecule has 1 heterocycles. The summed E-state index contributed by atoms with van der Waals surface area (Å²) in [6.07, 6.45) is 8.00. The standard InChI is InChI=1S/C20H26N2O2S/c21-19(24)18-15-10-6-1-2-7-11-16(15)25-20(18)22-17(23)13-12-14-8-4-3-5-9-14/h3-5,8-9,15-16H,1-2,6-7,10-13H2,(H2,21,24)(H,22,23). The Bertz CT molecular complexity index is 657. The fraction of sp³-hybridized carbons (Fsp3) is 0.500. The molecular weight excluding hydrogens is 332 g/mol. The number of primary amides is 1.